The Bertz CT molecular complexity index is 634. The molecule has 2 aromatic rings. The Morgan fingerprint density at radius 3 is 2.62 bits per heavy atom. The SMILES string of the molecule is CC(C)NCc1ccc(Cl)cc1Oc1ccc(F)cc1Br. The van der Waals surface area contributed by atoms with E-state index in [2.05, 4.69) is 35.1 Å². The van der Waals surface area contributed by atoms with E-state index < -0.39 is 0 Å². The first-order valence-corrected chi connectivity index (χ1v) is 7.77. The first-order valence-electron chi connectivity index (χ1n) is 6.60. The van der Waals surface area contributed by atoms with Crippen molar-refractivity contribution in [2.24, 2.45) is 0 Å². The van der Waals surface area contributed by atoms with Gasteiger partial charge in [0.05, 0.1) is 4.47 Å². The maximum atomic E-state index is 13.1. The first kappa shape index (κ1) is 16.3. The minimum absolute atomic E-state index is 0.318. The summed E-state index contributed by atoms with van der Waals surface area (Å²) in [6.07, 6.45) is 0. The zero-order valence-corrected chi connectivity index (χ0v) is 14.1. The van der Waals surface area contributed by atoms with Gasteiger partial charge in [-0.2, -0.15) is 0 Å². The van der Waals surface area contributed by atoms with Crippen LogP contribution in [-0.2, 0) is 6.54 Å². The van der Waals surface area contributed by atoms with Crippen molar-refractivity contribution in [2.75, 3.05) is 0 Å². The Morgan fingerprint density at radius 1 is 1.19 bits per heavy atom. The van der Waals surface area contributed by atoms with Gasteiger partial charge in [-0.05, 0) is 46.3 Å². The quantitative estimate of drug-likeness (QED) is 0.745. The molecule has 0 heterocycles. The van der Waals surface area contributed by atoms with Crippen LogP contribution in [0.1, 0.15) is 19.4 Å². The minimum Gasteiger partial charge on any atom is -0.456 e. The highest BCUT2D eigenvalue weighted by atomic mass is 79.9. The van der Waals surface area contributed by atoms with Crippen LogP contribution in [0.5, 0.6) is 11.5 Å². The first-order chi connectivity index (χ1) is 9.95. The van der Waals surface area contributed by atoms with Crippen molar-refractivity contribution in [3.05, 3.63) is 57.3 Å². The van der Waals surface area contributed by atoms with Gasteiger partial charge in [-0.3, -0.25) is 0 Å². The molecule has 0 saturated heterocycles. The van der Waals surface area contributed by atoms with Crippen molar-refractivity contribution in [1.82, 2.24) is 5.32 Å². The molecule has 0 atom stereocenters. The summed E-state index contributed by atoms with van der Waals surface area (Å²) in [6, 6.07) is 10.2. The number of benzene rings is 2. The zero-order chi connectivity index (χ0) is 15.4. The maximum absolute atomic E-state index is 13.1. The van der Waals surface area contributed by atoms with Gasteiger partial charge in [-0.15, -0.1) is 0 Å². The Balaban J connectivity index is 2.27. The monoisotopic (exact) mass is 371 g/mol. The molecule has 0 amide bonds. The summed E-state index contributed by atoms with van der Waals surface area (Å²) >= 11 is 9.33. The molecule has 0 radical (unpaired) electrons. The molecule has 0 bridgehead atoms. The predicted octanol–water partition coefficient (Wildman–Crippen LogP) is 5.53. The van der Waals surface area contributed by atoms with Crippen LogP contribution >= 0.6 is 27.5 Å². The van der Waals surface area contributed by atoms with Gasteiger partial charge in [0.1, 0.15) is 17.3 Å². The topological polar surface area (TPSA) is 21.3 Å². The highest BCUT2D eigenvalue weighted by Crippen LogP contribution is 2.33. The number of ether oxygens (including phenoxy) is 1. The van der Waals surface area contributed by atoms with Crippen LogP contribution in [0.4, 0.5) is 4.39 Å². The molecule has 2 nitrogen and oxygen atoms in total. The number of hydrogen-bond donors (Lipinski definition) is 1. The van der Waals surface area contributed by atoms with E-state index in [9.17, 15) is 4.39 Å². The molecule has 0 aliphatic carbocycles. The van der Waals surface area contributed by atoms with Crippen molar-refractivity contribution in [1.29, 1.82) is 0 Å². The van der Waals surface area contributed by atoms with Gasteiger partial charge in [0.2, 0.25) is 0 Å². The molecule has 0 unspecified atom stereocenters. The summed E-state index contributed by atoms with van der Waals surface area (Å²) in [6.45, 7) is 4.82. The highest BCUT2D eigenvalue weighted by molar-refractivity contribution is 9.10. The Hall–Kier alpha value is -1.10. The molecule has 5 heteroatoms. The smallest absolute Gasteiger partial charge is 0.141 e. The fourth-order valence-corrected chi connectivity index (χ4v) is 2.35. The number of halogens is 3. The lowest BCUT2D eigenvalue weighted by Gasteiger charge is -2.14. The van der Waals surface area contributed by atoms with Gasteiger partial charge in [0.15, 0.2) is 0 Å². The van der Waals surface area contributed by atoms with Crippen molar-refractivity contribution in [2.45, 2.75) is 26.4 Å². The summed E-state index contributed by atoms with van der Waals surface area (Å²) in [7, 11) is 0. The molecule has 2 aromatic carbocycles. The van der Waals surface area contributed by atoms with Crippen LogP contribution in [0.25, 0.3) is 0 Å². The lowest BCUT2D eigenvalue weighted by molar-refractivity contribution is 0.465. The van der Waals surface area contributed by atoms with Gasteiger partial charge in [-0.25, -0.2) is 4.39 Å². The highest BCUT2D eigenvalue weighted by Gasteiger charge is 2.09. The van der Waals surface area contributed by atoms with Crippen LogP contribution in [0.3, 0.4) is 0 Å². The third-order valence-electron chi connectivity index (χ3n) is 2.84. The molecule has 1 N–H and O–H groups in total. The van der Waals surface area contributed by atoms with Crippen molar-refractivity contribution < 1.29 is 9.13 Å². The van der Waals surface area contributed by atoms with E-state index in [1.54, 1.807) is 12.1 Å². The van der Waals surface area contributed by atoms with E-state index in [1.807, 2.05) is 12.1 Å². The Labute approximate surface area is 137 Å². The second kappa shape index (κ2) is 7.25. The molecule has 21 heavy (non-hydrogen) atoms. The number of rotatable bonds is 5. The molecule has 0 spiro atoms. The van der Waals surface area contributed by atoms with E-state index in [1.165, 1.54) is 12.1 Å². The summed E-state index contributed by atoms with van der Waals surface area (Å²) in [5.41, 5.74) is 0.990. The summed E-state index contributed by atoms with van der Waals surface area (Å²) in [4.78, 5) is 0. The number of hydrogen-bond acceptors (Lipinski definition) is 2. The van der Waals surface area contributed by atoms with Crippen molar-refractivity contribution in [3.8, 4) is 11.5 Å². The second-order valence-corrected chi connectivity index (χ2v) is 6.26. The largest absolute Gasteiger partial charge is 0.456 e. The van der Waals surface area contributed by atoms with Crippen LogP contribution in [0.2, 0.25) is 5.02 Å². The fraction of sp³-hybridized carbons (Fsp3) is 0.250. The Morgan fingerprint density at radius 2 is 1.95 bits per heavy atom. The lowest BCUT2D eigenvalue weighted by atomic mass is 10.2. The Kier molecular flexibility index (Phi) is 5.62. The average Bonchev–Trinajstić information content (AvgIpc) is 2.41. The summed E-state index contributed by atoms with van der Waals surface area (Å²) in [5, 5.41) is 3.93. The zero-order valence-electron chi connectivity index (χ0n) is 11.8. The third-order valence-corrected chi connectivity index (χ3v) is 3.70. The van der Waals surface area contributed by atoms with Gasteiger partial charge in [0, 0.05) is 23.2 Å². The second-order valence-electron chi connectivity index (χ2n) is 4.96. The standard InChI is InChI=1S/C16H16BrClFNO/c1-10(2)20-9-11-3-4-12(18)7-16(11)21-15-6-5-13(19)8-14(15)17/h3-8,10,20H,9H2,1-2H3. The summed E-state index contributed by atoms with van der Waals surface area (Å²) in [5.74, 6) is 0.884. The van der Waals surface area contributed by atoms with Crippen molar-refractivity contribution >= 4 is 27.5 Å². The molecule has 112 valence electrons. The van der Waals surface area contributed by atoms with E-state index in [0.717, 1.165) is 5.56 Å². The summed E-state index contributed by atoms with van der Waals surface area (Å²) < 4.78 is 19.6. The van der Waals surface area contributed by atoms with E-state index >= 15 is 0 Å². The lowest BCUT2D eigenvalue weighted by Crippen LogP contribution is -2.22. The molecular weight excluding hydrogens is 357 g/mol. The minimum atomic E-state index is -0.318. The van der Waals surface area contributed by atoms with Crippen LogP contribution in [-0.4, -0.2) is 6.04 Å². The molecular formula is C16H16BrClFNO. The number of nitrogens with one attached hydrogen (secondary N) is 1. The van der Waals surface area contributed by atoms with Crippen LogP contribution < -0.4 is 10.1 Å². The normalized spacial score (nSPS) is 11.0. The molecule has 0 aromatic heterocycles. The third kappa shape index (κ3) is 4.70. The average molecular weight is 373 g/mol. The van der Waals surface area contributed by atoms with Crippen LogP contribution in [0, 0.1) is 5.82 Å². The molecule has 0 fully saturated rings. The van der Waals surface area contributed by atoms with Gasteiger partial charge in [-0.1, -0.05) is 31.5 Å². The van der Waals surface area contributed by atoms with E-state index in [0.29, 0.717) is 33.6 Å². The molecule has 0 aliphatic heterocycles. The van der Waals surface area contributed by atoms with Crippen LogP contribution in [0.15, 0.2) is 40.9 Å². The predicted molar refractivity (Wildman–Crippen MR) is 87.6 cm³/mol. The molecule has 2 rings (SSSR count). The van der Waals surface area contributed by atoms with Crippen molar-refractivity contribution in [3.63, 3.8) is 0 Å². The van der Waals surface area contributed by atoms with E-state index in [-0.39, 0.29) is 5.82 Å². The van der Waals surface area contributed by atoms with Gasteiger partial charge in [0.25, 0.3) is 0 Å². The van der Waals surface area contributed by atoms with Gasteiger partial charge < -0.3 is 10.1 Å². The molecule has 0 aliphatic rings. The van der Waals surface area contributed by atoms with E-state index in [4.69, 9.17) is 16.3 Å². The molecule has 0 saturated carbocycles. The van der Waals surface area contributed by atoms with Gasteiger partial charge >= 0.3 is 0 Å². The maximum Gasteiger partial charge on any atom is 0.141 e. The fourth-order valence-electron chi connectivity index (χ4n) is 1.76.